The van der Waals surface area contributed by atoms with E-state index in [9.17, 15) is 18.0 Å². The Hall–Kier alpha value is -2.78. The number of carbonyl (C=O) groups is 2. The fourth-order valence-corrected chi connectivity index (χ4v) is 4.78. The number of benzene rings is 2. The van der Waals surface area contributed by atoms with Crippen molar-refractivity contribution in [3.8, 4) is 5.75 Å². The van der Waals surface area contributed by atoms with Gasteiger partial charge in [-0.3, -0.25) is 13.9 Å². The summed E-state index contributed by atoms with van der Waals surface area (Å²) in [6.45, 7) is 5.58. The maximum Gasteiger partial charge on any atom is 0.244 e. The lowest BCUT2D eigenvalue weighted by atomic mass is 10.1. The van der Waals surface area contributed by atoms with Crippen LogP contribution in [0.25, 0.3) is 0 Å². The van der Waals surface area contributed by atoms with E-state index in [0.717, 1.165) is 22.5 Å². The number of hydrogen-bond donors (Lipinski definition) is 1. The summed E-state index contributed by atoms with van der Waals surface area (Å²) >= 11 is 6.22. The minimum Gasteiger partial charge on any atom is -0.497 e. The number of hydrogen-bond acceptors (Lipinski definition) is 5. The van der Waals surface area contributed by atoms with E-state index >= 15 is 0 Å². The molecule has 0 spiro atoms. The molecule has 2 amide bonds. The van der Waals surface area contributed by atoms with E-state index in [1.165, 1.54) is 4.90 Å². The average molecular weight is 524 g/mol. The molecule has 10 heteroatoms. The van der Waals surface area contributed by atoms with E-state index in [4.69, 9.17) is 16.3 Å². The van der Waals surface area contributed by atoms with Gasteiger partial charge in [0.25, 0.3) is 0 Å². The van der Waals surface area contributed by atoms with Gasteiger partial charge in [0.15, 0.2) is 0 Å². The summed E-state index contributed by atoms with van der Waals surface area (Å²) in [5.41, 5.74) is 1.61. The molecule has 0 aromatic heterocycles. The molecule has 2 aromatic carbocycles. The summed E-state index contributed by atoms with van der Waals surface area (Å²) in [5, 5.41) is 3.24. The molecule has 2 aromatic rings. The molecular weight excluding hydrogens is 490 g/mol. The molecule has 0 heterocycles. The van der Waals surface area contributed by atoms with Crippen molar-refractivity contribution in [1.82, 2.24) is 10.2 Å². The van der Waals surface area contributed by atoms with Gasteiger partial charge in [-0.2, -0.15) is 0 Å². The van der Waals surface area contributed by atoms with Crippen LogP contribution in [-0.4, -0.2) is 57.6 Å². The largest absolute Gasteiger partial charge is 0.497 e. The Morgan fingerprint density at radius 1 is 1.14 bits per heavy atom. The van der Waals surface area contributed by atoms with Gasteiger partial charge in [0.1, 0.15) is 18.3 Å². The SMILES string of the molecule is CCCNC(=O)[C@H](CC)N(Cc1cccc(OC)c1)C(=O)CN(c1cccc(Cl)c1C)S(C)(=O)=O. The van der Waals surface area contributed by atoms with E-state index in [1.54, 1.807) is 50.4 Å². The molecule has 0 fully saturated rings. The van der Waals surface area contributed by atoms with Gasteiger partial charge >= 0.3 is 0 Å². The molecule has 192 valence electrons. The normalized spacial score (nSPS) is 12.1. The zero-order valence-corrected chi connectivity index (χ0v) is 22.4. The quantitative estimate of drug-likeness (QED) is 0.457. The van der Waals surface area contributed by atoms with Crippen LogP contribution in [0.4, 0.5) is 5.69 Å². The molecule has 0 aliphatic rings. The average Bonchev–Trinajstić information content (AvgIpc) is 2.82. The first-order valence-corrected chi connectivity index (χ1v) is 13.7. The molecule has 1 atom stereocenters. The molecule has 0 aliphatic heterocycles. The maximum atomic E-state index is 13.7. The van der Waals surface area contributed by atoms with E-state index < -0.39 is 28.5 Å². The lowest BCUT2D eigenvalue weighted by Gasteiger charge is -2.33. The molecule has 0 bridgehead atoms. The molecule has 35 heavy (non-hydrogen) atoms. The Bertz CT molecular complexity index is 1140. The Morgan fingerprint density at radius 2 is 1.83 bits per heavy atom. The monoisotopic (exact) mass is 523 g/mol. The van der Waals surface area contributed by atoms with Crippen LogP contribution in [0.1, 0.15) is 37.8 Å². The number of anilines is 1. The molecule has 0 saturated heterocycles. The Morgan fingerprint density at radius 3 is 2.43 bits per heavy atom. The topological polar surface area (TPSA) is 96.0 Å². The molecule has 0 radical (unpaired) electrons. The number of halogens is 1. The maximum absolute atomic E-state index is 13.7. The summed E-state index contributed by atoms with van der Waals surface area (Å²) in [7, 11) is -2.28. The predicted octanol–water partition coefficient (Wildman–Crippen LogP) is 3.76. The van der Waals surface area contributed by atoms with Crippen LogP contribution >= 0.6 is 11.6 Å². The van der Waals surface area contributed by atoms with Crippen molar-refractivity contribution in [1.29, 1.82) is 0 Å². The van der Waals surface area contributed by atoms with Crippen LogP contribution in [0, 0.1) is 6.92 Å². The summed E-state index contributed by atoms with van der Waals surface area (Å²) < 4.78 is 31.8. The van der Waals surface area contributed by atoms with Gasteiger partial charge in [-0.05, 0) is 55.2 Å². The van der Waals surface area contributed by atoms with Crippen LogP contribution in [0.5, 0.6) is 5.75 Å². The van der Waals surface area contributed by atoms with Gasteiger partial charge in [0, 0.05) is 18.1 Å². The van der Waals surface area contributed by atoms with Gasteiger partial charge in [0.2, 0.25) is 21.8 Å². The van der Waals surface area contributed by atoms with Crippen LogP contribution < -0.4 is 14.4 Å². The highest BCUT2D eigenvalue weighted by Gasteiger charge is 2.32. The van der Waals surface area contributed by atoms with Crippen LogP contribution in [0.15, 0.2) is 42.5 Å². The molecule has 0 saturated carbocycles. The Balaban J connectivity index is 2.48. The third-order valence-corrected chi connectivity index (χ3v) is 7.15. The zero-order valence-electron chi connectivity index (χ0n) is 20.9. The fourth-order valence-electron chi connectivity index (χ4n) is 3.71. The minimum absolute atomic E-state index is 0.111. The van der Waals surface area contributed by atoms with E-state index in [2.05, 4.69) is 5.32 Å². The molecule has 2 rings (SSSR count). The Labute approximate surface area is 213 Å². The number of nitrogens with zero attached hydrogens (tertiary/aromatic N) is 2. The lowest BCUT2D eigenvalue weighted by molar-refractivity contribution is -0.140. The second kappa shape index (κ2) is 12.8. The summed E-state index contributed by atoms with van der Waals surface area (Å²) in [6.07, 6.45) is 2.15. The van der Waals surface area contributed by atoms with Crippen LogP contribution in [-0.2, 0) is 26.2 Å². The van der Waals surface area contributed by atoms with Gasteiger partial charge in [-0.25, -0.2) is 8.42 Å². The van der Waals surface area contributed by atoms with Crippen molar-refractivity contribution in [3.63, 3.8) is 0 Å². The number of carbonyl (C=O) groups excluding carboxylic acids is 2. The highest BCUT2D eigenvalue weighted by atomic mass is 35.5. The molecular formula is C25H34ClN3O5S. The van der Waals surface area contributed by atoms with Crippen molar-refractivity contribution >= 4 is 39.1 Å². The molecule has 0 unspecified atom stereocenters. The van der Waals surface area contributed by atoms with Gasteiger partial charge in [0.05, 0.1) is 19.1 Å². The third kappa shape index (κ3) is 7.60. The number of rotatable bonds is 12. The first-order chi connectivity index (χ1) is 16.5. The van der Waals surface area contributed by atoms with Crippen molar-refractivity contribution in [3.05, 3.63) is 58.6 Å². The fraction of sp³-hybridized carbons (Fsp3) is 0.440. The first kappa shape index (κ1) is 28.5. The number of ether oxygens (including phenoxy) is 1. The number of sulfonamides is 1. The van der Waals surface area contributed by atoms with Crippen molar-refractivity contribution in [2.75, 3.05) is 30.8 Å². The van der Waals surface area contributed by atoms with E-state index in [-0.39, 0.29) is 12.5 Å². The number of methoxy groups -OCH3 is 1. The number of nitrogens with one attached hydrogen (secondary N) is 1. The zero-order chi connectivity index (χ0) is 26.2. The van der Waals surface area contributed by atoms with Crippen LogP contribution in [0.3, 0.4) is 0 Å². The second-order valence-electron chi connectivity index (χ2n) is 8.24. The number of amides is 2. The Kier molecular flexibility index (Phi) is 10.4. The van der Waals surface area contributed by atoms with Crippen molar-refractivity contribution < 1.29 is 22.7 Å². The molecule has 0 aliphatic carbocycles. The van der Waals surface area contributed by atoms with Crippen LogP contribution in [0.2, 0.25) is 5.02 Å². The summed E-state index contributed by atoms with van der Waals surface area (Å²) in [4.78, 5) is 28.1. The predicted molar refractivity (Wildman–Crippen MR) is 139 cm³/mol. The van der Waals surface area contributed by atoms with Crippen molar-refractivity contribution in [2.24, 2.45) is 0 Å². The van der Waals surface area contributed by atoms with E-state index in [1.807, 2.05) is 19.9 Å². The van der Waals surface area contributed by atoms with Gasteiger partial charge in [-0.15, -0.1) is 0 Å². The molecule has 8 nitrogen and oxygen atoms in total. The second-order valence-corrected chi connectivity index (χ2v) is 10.6. The smallest absolute Gasteiger partial charge is 0.244 e. The lowest BCUT2D eigenvalue weighted by Crippen LogP contribution is -2.52. The van der Waals surface area contributed by atoms with Gasteiger partial charge < -0.3 is 15.0 Å². The summed E-state index contributed by atoms with van der Waals surface area (Å²) in [5.74, 6) is -0.169. The first-order valence-electron chi connectivity index (χ1n) is 11.5. The summed E-state index contributed by atoms with van der Waals surface area (Å²) in [6, 6.07) is 11.3. The highest BCUT2D eigenvalue weighted by Crippen LogP contribution is 2.28. The minimum atomic E-state index is -3.83. The van der Waals surface area contributed by atoms with Crippen molar-refractivity contribution in [2.45, 2.75) is 46.2 Å². The highest BCUT2D eigenvalue weighted by molar-refractivity contribution is 7.92. The van der Waals surface area contributed by atoms with E-state index in [0.29, 0.717) is 35.0 Å². The standard InChI is InChI=1S/C25H34ClN3O5S/c1-6-14-27-25(31)22(7-2)28(16-19-10-8-11-20(15-19)34-4)24(30)17-29(35(5,32)33)23-13-9-12-21(26)18(23)3/h8-13,15,22H,6-7,14,16-17H2,1-5H3,(H,27,31)/t22-/m0/s1. The molecule has 1 N–H and O–H groups in total. The third-order valence-electron chi connectivity index (χ3n) is 5.61. The van der Waals surface area contributed by atoms with Gasteiger partial charge in [-0.1, -0.05) is 43.6 Å².